The van der Waals surface area contributed by atoms with Crippen LogP contribution in [-0.2, 0) is 0 Å². The monoisotopic (exact) mass is 213 g/mol. The van der Waals surface area contributed by atoms with Crippen LogP contribution in [-0.4, -0.2) is 16.9 Å². The maximum Gasteiger partial charge on any atom is 0.121 e. The fraction of sp³-hybridized carbons (Fsp3) is 0.167. The minimum Gasteiger partial charge on any atom is -0.497 e. The number of methoxy groups -OCH3 is 1. The topological polar surface area (TPSA) is 50.8 Å². The third kappa shape index (κ3) is 1.75. The Kier molecular flexibility index (Phi) is 2.61. The van der Waals surface area contributed by atoms with E-state index in [0.717, 1.165) is 17.1 Å². The summed E-state index contributed by atoms with van der Waals surface area (Å²) in [6.07, 6.45) is 1.71. The van der Waals surface area contributed by atoms with Gasteiger partial charge in [-0.3, -0.25) is 0 Å². The SMILES string of the molecule is COc1cccc(-n2cc(C#N)c(C)n2)c1. The van der Waals surface area contributed by atoms with Gasteiger partial charge in [0.15, 0.2) is 0 Å². The minimum atomic E-state index is 0.586. The first-order chi connectivity index (χ1) is 7.74. The van der Waals surface area contributed by atoms with Crippen molar-refractivity contribution >= 4 is 0 Å². The Hall–Kier alpha value is -2.28. The van der Waals surface area contributed by atoms with Crippen LogP contribution in [0.1, 0.15) is 11.3 Å². The highest BCUT2D eigenvalue weighted by molar-refractivity contribution is 5.41. The number of nitriles is 1. The summed E-state index contributed by atoms with van der Waals surface area (Å²) >= 11 is 0. The van der Waals surface area contributed by atoms with Gasteiger partial charge in [0.2, 0.25) is 0 Å². The molecular formula is C12H11N3O. The summed E-state index contributed by atoms with van der Waals surface area (Å²) in [6.45, 7) is 1.81. The lowest BCUT2D eigenvalue weighted by Gasteiger charge is -2.03. The summed E-state index contributed by atoms with van der Waals surface area (Å²) in [5.41, 5.74) is 2.19. The van der Waals surface area contributed by atoms with Gasteiger partial charge in [-0.1, -0.05) is 6.07 Å². The molecule has 16 heavy (non-hydrogen) atoms. The molecule has 0 aliphatic rings. The maximum absolute atomic E-state index is 8.85. The third-order valence-corrected chi connectivity index (χ3v) is 2.34. The predicted octanol–water partition coefficient (Wildman–Crippen LogP) is 2.06. The standard InChI is InChI=1S/C12H11N3O/c1-9-10(7-13)8-15(14-9)11-4-3-5-12(6-11)16-2/h3-6,8H,1-2H3. The van der Waals surface area contributed by atoms with E-state index < -0.39 is 0 Å². The maximum atomic E-state index is 8.85. The summed E-state index contributed by atoms with van der Waals surface area (Å²) in [4.78, 5) is 0. The van der Waals surface area contributed by atoms with Crippen LogP contribution in [0.5, 0.6) is 5.75 Å². The van der Waals surface area contributed by atoms with Crippen LogP contribution >= 0.6 is 0 Å². The first kappa shape index (κ1) is 10.2. The normalized spacial score (nSPS) is 9.81. The van der Waals surface area contributed by atoms with E-state index >= 15 is 0 Å². The van der Waals surface area contributed by atoms with Crippen LogP contribution in [0.3, 0.4) is 0 Å². The van der Waals surface area contributed by atoms with Gasteiger partial charge in [0.25, 0.3) is 0 Å². The zero-order valence-corrected chi connectivity index (χ0v) is 9.14. The molecular weight excluding hydrogens is 202 g/mol. The van der Waals surface area contributed by atoms with Crippen LogP contribution in [0.4, 0.5) is 0 Å². The average Bonchev–Trinajstić information content (AvgIpc) is 2.71. The van der Waals surface area contributed by atoms with Crippen LogP contribution < -0.4 is 4.74 Å². The summed E-state index contributed by atoms with van der Waals surface area (Å²) < 4.78 is 6.81. The molecule has 1 aromatic carbocycles. The van der Waals surface area contributed by atoms with E-state index in [9.17, 15) is 0 Å². The van der Waals surface area contributed by atoms with Crippen molar-refractivity contribution in [2.75, 3.05) is 7.11 Å². The van der Waals surface area contributed by atoms with Gasteiger partial charge < -0.3 is 4.74 Å². The van der Waals surface area contributed by atoms with E-state index in [-0.39, 0.29) is 0 Å². The Morgan fingerprint density at radius 3 is 2.88 bits per heavy atom. The first-order valence-electron chi connectivity index (χ1n) is 4.85. The molecule has 4 heteroatoms. The van der Waals surface area contributed by atoms with Gasteiger partial charge in [0.05, 0.1) is 24.1 Å². The lowest BCUT2D eigenvalue weighted by molar-refractivity contribution is 0.414. The second-order valence-corrected chi connectivity index (χ2v) is 3.39. The van der Waals surface area contributed by atoms with Crippen LogP contribution in [0.15, 0.2) is 30.5 Å². The predicted molar refractivity (Wildman–Crippen MR) is 59.6 cm³/mol. The van der Waals surface area contributed by atoms with E-state index in [0.29, 0.717) is 5.56 Å². The highest BCUT2D eigenvalue weighted by atomic mass is 16.5. The molecule has 0 radical (unpaired) electrons. The highest BCUT2D eigenvalue weighted by Gasteiger charge is 2.05. The van der Waals surface area contributed by atoms with Gasteiger partial charge in [-0.25, -0.2) is 4.68 Å². The Morgan fingerprint density at radius 2 is 2.25 bits per heavy atom. The van der Waals surface area contributed by atoms with Crippen LogP contribution in [0.25, 0.3) is 5.69 Å². The smallest absolute Gasteiger partial charge is 0.121 e. The molecule has 0 saturated carbocycles. The van der Waals surface area contributed by atoms with Crippen LogP contribution in [0.2, 0.25) is 0 Å². The second kappa shape index (κ2) is 4.07. The second-order valence-electron chi connectivity index (χ2n) is 3.39. The molecule has 0 amide bonds. The number of ether oxygens (including phenoxy) is 1. The Bertz CT molecular complexity index is 552. The lowest BCUT2D eigenvalue weighted by Crippen LogP contribution is -1.95. The van der Waals surface area contributed by atoms with E-state index in [4.69, 9.17) is 10.00 Å². The van der Waals surface area contributed by atoms with Gasteiger partial charge >= 0.3 is 0 Å². The zero-order valence-electron chi connectivity index (χ0n) is 9.14. The molecule has 0 N–H and O–H groups in total. The fourth-order valence-corrected chi connectivity index (χ4v) is 1.46. The van der Waals surface area contributed by atoms with E-state index in [2.05, 4.69) is 11.2 Å². The minimum absolute atomic E-state index is 0.586. The largest absolute Gasteiger partial charge is 0.497 e. The summed E-state index contributed by atoms with van der Waals surface area (Å²) in [6, 6.07) is 9.63. The molecule has 0 aliphatic heterocycles. The van der Waals surface area contributed by atoms with Crippen LogP contribution in [0, 0.1) is 18.3 Å². The van der Waals surface area contributed by atoms with E-state index in [1.165, 1.54) is 0 Å². The molecule has 0 bridgehead atoms. The number of aryl methyl sites for hydroxylation is 1. The third-order valence-electron chi connectivity index (χ3n) is 2.34. The van der Waals surface area contributed by atoms with Gasteiger partial charge in [-0.2, -0.15) is 10.4 Å². The Morgan fingerprint density at radius 1 is 1.44 bits per heavy atom. The summed E-state index contributed by atoms with van der Waals surface area (Å²) in [5.74, 6) is 0.768. The van der Waals surface area contributed by atoms with E-state index in [1.807, 2.05) is 31.2 Å². The number of hydrogen-bond donors (Lipinski definition) is 0. The number of benzene rings is 1. The number of nitrogens with zero attached hydrogens (tertiary/aromatic N) is 3. The summed E-state index contributed by atoms with van der Waals surface area (Å²) in [5, 5.41) is 13.1. The van der Waals surface area contributed by atoms with Gasteiger partial charge in [0.1, 0.15) is 11.8 Å². The van der Waals surface area contributed by atoms with Crippen molar-refractivity contribution in [1.82, 2.24) is 9.78 Å². The molecule has 0 fully saturated rings. The van der Waals surface area contributed by atoms with Crippen molar-refractivity contribution in [2.24, 2.45) is 0 Å². The number of rotatable bonds is 2. The Labute approximate surface area is 93.7 Å². The van der Waals surface area contributed by atoms with Gasteiger partial charge in [-0.15, -0.1) is 0 Å². The lowest BCUT2D eigenvalue weighted by atomic mass is 10.3. The molecule has 0 aliphatic carbocycles. The van der Waals surface area contributed by atoms with Crippen molar-refractivity contribution in [2.45, 2.75) is 6.92 Å². The van der Waals surface area contributed by atoms with Gasteiger partial charge in [-0.05, 0) is 19.1 Å². The van der Waals surface area contributed by atoms with Crippen molar-refractivity contribution in [3.05, 3.63) is 41.7 Å². The molecule has 1 heterocycles. The first-order valence-corrected chi connectivity index (χ1v) is 4.85. The molecule has 0 unspecified atom stereocenters. The molecule has 80 valence electrons. The van der Waals surface area contributed by atoms with Crippen molar-refractivity contribution < 1.29 is 4.74 Å². The fourth-order valence-electron chi connectivity index (χ4n) is 1.46. The average molecular weight is 213 g/mol. The van der Waals surface area contributed by atoms with Crippen molar-refractivity contribution in [3.63, 3.8) is 0 Å². The molecule has 0 spiro atoms. The Balaban J connectivity index is 2.46. The van der Waals surface area contributed by atoms with Crippen molar-refractivity contribution in [3.8, 4) is 17.5 Å². The molecule has 0 saturated heterocycles. The van der Waals surface area contributed by atoms with Gasteiger partial charge in [0, 0.05) is 12.3 Å². The highest BCUT2D eigenvalue weighted by Crippen LogP contribution is 2.17. The quantitative estimate of drug-likeness (QED) is 0.767. The van der Waals surface area contributed by atoms with E-state index in [1.54, 1.807) is 18.0 Å². The molecule has 1 aromatic heterocycles. The number of aromatic nitrogens is 2. The summed E-state index contributed by atoms with van der Waals surface area (Å²) in [7, 11) is 1.62. The molecule has 2 rings (SSSR count). The van der Waals surface area contributed by atoms with Crippen molar-refractivity contribution in [1.29, 1.82) is 5.26 Å². The molecule has 4 nitrogen and oxygen atoms in total. The zero-order chi connectivity index (χ0) is 11.5. The number of hydrogen-bond acceptors (Lipinski definition) is 3. The molecule has 0 atom stereocenters. The molecule has 2 aromatic rings.